The number of furan rings is 1. The first kappa shape index (κ1) is 9.33. The Bertz CT molecular complexity index is 586. The number of pyridine rings is 1. The van der Waals surface area contributed by atoms with E-state index < -0.39 is 11.6 Å². The number of hydrogen-bond acceptors (Lipinski definition) is 3. The van der Waals surface area contributed by atoms with Gasteiger partial charge in [-0.1, -0.05) is 0 Å². The first-order valence-corrected chi connectivity index (χ1v) is 4.91. The van der Waals surface area contributed by atoms with Gasteiger partial charge in [0.1, 0.15) is 16.8 Å². The molecule has 0 unspecified atom stereocenters. The van der Waals surface area contributed by atoms with Crippen LogP contribution in [0.1, 0.15) is 29.0 Å². The van der Waals surface area contributed by atoms with Gasteiger partial charge in [0.2, 0.25) is 0 Å². The van der Waals surface area contributed by atoms with E-state index in [-0.39, 0.29) is 16.9 Å². The van der Waals surface area contributed by atoms with Gasteiger partial charge in [-0.2, -0.15) is 0 Å². The van der Waals surface area contributed by atoms with Crippen LogP contribution in [0.2, 0.25) is 0 Å². The fourth-order valence-corrected chi connectivity index (χ4v) is 1.68. The van der Waals surface area contributed by atoms with Crippen molar-refractivity contribution in [2.75, 3.05) is 0 Å². The number of rotatable bonds is 2. The number of carboxylic acid groups (broad SMARTS) is 1. The number of alkyl halides is 1. The van der Waals surface area contributed by atoms with Gasteiger partial charge in [0.25, 0.3) is 0 Å². The lowest BCUT2D eigenvalue weighted by atomic mass is 10.2. The van der Waals surface area contributed by atoms with Gasteiger partial charge < -0.3 is 9.52 Å². The highest BCUT2D eigenvalue weighted by Crippen LogP contribution is 2.50. The SMILES string of the molecule is O=C(O)c1ccnc2cc(C3(F)CC3)oc12. The number of halogens is 1. The van der Waals surface area contributed by atoms with E-state index in [0.29, 0.717) is 18.4 Å². The number of nitrogens with zero attached hydrogens (tertiary/aromatic N) is 1. The Kier molecular flexibility index (Phi) is 1.64. The molecule has 1 N–H and O–H groups in total. The summed E-state index contributed by atoms with van der Waals surface area (Å²) in [6.45, 7) is 0. The molecule has 0 radical (unpaired) electrons. The highest BCUT2D eigenvalue weighted by atomic mass is 19.1. The van der Waals surface area contributed by atoms with Gasteiger partial charge in [0.15, 0.2) is 11.3 Å². The van der Waals surface area contributed by atoms with E-state index in [9.17, 15) is 9.18 Å². The highest BCUT2D eigenvalue weighted by molar-refractivity contribution is 5.99. The van der Waals surface area contributed by atoms with E-state index in [4.69, 9.17) is 9.52 Å². The van der Waals surface area contributed by atoms with E-state index in [1.807, 2.05) is 0 Å². The smallest absolute Gasteiger partial charge is 0.339 e. The Morgan fingerprint density at radius 3 is 2.94 bits per heavy atom. The normalized spacial score (nSPS) is 17.6. The standard InChI is InChI=1S/C11H8FNO3/c12-11(2-3-11)8-5-7-9(16-8)6(10(14)15)1-4-13-7/h1,4-5H,2-3H2,(H,14,15). The predicted molar refractivity (Wildman–Crippen MR) is 53.0 cm³/mol. The Labute approximate surface area is 89.7 Å². The molecular formula is C11H8FNO3. The van der Waals surface area contributed by atoms with Gasteiger partial charge in [-0.05, 0) is 18.9 Å². The maximum atomic E-state index is 13.7. The lowest BCUT2D eigenvalue weighted by molar-refractivity contribution is 0.0697. The van der Waals surface area contributed by atoms with Gasteiger partial charge in [-0.25, -0.2) is 9.18 Å². The van der Waals surface area contributed by atoms with Crippen molar-refractivity contribution >= 4 is 17.1 Å². The van der Waals surface area contributed by atoms with Gasteiger partial charge in [-0.3, -0.25) is 4.98 Å². The van der Waals surface area contributed by atoms with Crippen LogP contribution in [0, 0.1) is 0 Å². The van der Waals surface area contributed by atoms with Crippen molar-refractivity contribution in [3.63, 3.8) is 0 Å². The average Bonchev–Trinajstić information content (AvgIpc) is 2.85. The molecule has 1 saturated carbocycles. The number of fused-ring (bicyclic) bond motifs is 1. The second-order valence-electron chi connectivity index (χ2n) is 3.95. The minimum Gasteiger partial charge on any atom is -0.478 e. The van der Waals surface area contributed by atoms with Crippen LogP contribution in [0.5, 0.6) is 0 Å². The number of carboxylic acids is 1. The van der Waals surface area contributed by atoms with Crippen molar-refractivity contribution in [1.29, 1.82) is 0 Å². The third-order valence-corrected chi connectivity index (χ3v) is 2.77. The second kappa shape index (κ2) is 2.81. The maximum Gasteiger partial charge on any atom is 0.339 e. The second-order valence-corrected chi connectivity index (χ2v) is 3.95. The summed E-state index contributed by atoms with van der Waals surface area (Å²) in [5.41, 5.74) is -0.857. The van der Waals surface area contributed by atoms with Crippen molar-refractivity contribution in [2.24, 2.45) is 0 Å². The molecule has 0 atom stereocenters. The van der Waals surface area contributed by atoms with E-state index in [2.05, 4.69) is 4.98 Å². The molecule has 1 aliphatic carbocycles. The van der Waals surface area contributed by atoms with Gasteiger partial charge >= 0.3 is 5.97 Å². The van der Waals surface area contributed by atoms with Crippen molar-refractivity contribution in [3.05, 3.63) is 29.7 Å². The monoisotopic (exact) mass is 221 g/mol. The molecule has 1 aliphatic rings. The van der Waals surface area contributed by atoms with Crippen molar-refractivity contribution in [2.45, 2.75) is 18.5 Å². The summed E-state index contributed by atoms with van der Waals surface area (Å²) in [6.07, 6.45) is 2.23. The zero-order valence-electron chi connectivity index (χ0n) is 8.24. The third-order valence-electron chi connectivity index (χ3n) is 2.77. The summed E-state index contributed by atoms with van der Waals surface area (Å²) in [4.78, 5) is 14.9. The molecule has 0 spiro atoms. The largest absolute Gasteiger partial charge is 0.478 e. The molecule has 0 aliphatic heterocycles. The number of hydrogen-bond donors (Lipinski definition) is 1. The molecule has 5 heteroatoms. The quantitative estimate of drug-likeness (QED) is 0.846. The highest BCUT2D eigenvalue weighted by Gasteiger charge is 2.48. The summed E-state index contributed by atoms with van der Waals surface area (Å²) in [5, 5.41) is 8.93. The molecule has 4 nitrogen and oxygen atoms in total. The summed E-state index contributed by atoms with van der Waals surface area (Å²) in [7, 11) is 0. The molecule has 3 rings (SSSR count). The first-order valence-electron chi connectivity index (χ1n) is 4.91. The molecule has 1 fully saturated rings. The van der Waals surface area contributed by atoms with Gasteiger partial charge in [0, 0.05) is 12.3 Å². The van der Waals surface area contributed by atoms with Crippen LogP contribution >= 0.6 is 0 Å². The zero-order valence-corrected chi connectivity index (χ0v) is 8.24. The summed E-state index contributed by atoms with van der Waals surface area (Å²) in [5.74, 6) is -0.916. The molecule has 2 aromatic heterocycles. The summed E-state index contributed by atoms with van der Waals surface area (Å²) in [6, 6.07) is 2.82. The number of aromatic carboxylic acids is 1. The van der Waals surface area contributed by atoms with Gasteiger partial charge in [-0.15, -0.1) is 0 Å². The van der Waals surface area contributed by atoms with Crippen LogP contribution in [0.3, 0.4) is 0 Å². The van der Waals surface area contributed by atoms with E-state index in [1.54, 1.807) is 0 Å². The fraction of sp³-hybridized carbons (Fsp3) is 0.273. The van der Waals surface area contributed by atoms with E-state index in [0.717, 1.165) is 0 Å². The maximum absolute atomic E-state index is 13.7. The fourth-order valence-electron chi connectivity index (χ4n) is 1.68. The van der Waals surface area contributed by atoms with Crippen LogP contribution in [0.15, 0.2) is 22.7 Å². The minimum absolute atomic E-state index is 0.0144. The summed E-state index contributed by atoms with van der Waals surface area (Å²) >= 11 is 0. The molecule has 0 aromatic carbocycles. The molecule has 0 bridgehead atoms. The van der Waals surface area contributed by atoms with Crippen LogP contribution in [-0.2, 0) is 5.67 Å². The molecule has 16 heavy (non-hydrogen) atoms. The van der Waals surface area contributed by atoms with Crippen LogP contribution < -0.4 is 0 Å². The number of aromatic nitrogens is 1. The molecule has 2 aromatic rings. The third kappa shape index (κ3) is 1.21. The van der Waals surface area contributed by atoms with E-state index >= 15 is 0 Å². The van der Waals surface area contributed by atoms with Crippen molar-refractivity contribution in [1.82, 2.24) is 4.98 Å². The van der Waals surface area contributed by atoms with Gasteiger partial charge in [0.05, 0.1) is 0 Å². The molecule has 2 heterocycles. The Morgan fingerprint density at radius 2 is 2.31 bits per heavy atom. The lowest BCUT2D eigenvalue weighted by Crippen LogP contribution is -1.96. The Hall–Kier alpha value is -1.91. The molecule has 82 valence electrons. The zero-order chi connectivity index (χ0) is 11.3. The topological polar surface area (TPSA) is 63.3 Å². The number of carbonyl (C=O) groups is 1. The average molecular weight is 221 g/mol. The molecular weight excluding hydrogens is 213 g/mol. The predicted octanol–water partition coefficient (Wildman–Crippen LogP) is 2.48. The van der Waals surface area contributed by atoms with E-state index in [1.165, 1.54) is 18.3 Å². The van der Waals surface area contributed by atoms with Crippen LogP contribution in [0.25, 0.3) is 11.1 Å². The Morgan fingerprint density at radius 1 is 1.56 bits per heavy atom. The molecule has 0 saturated heterocycles. The van der Waals surface area contributed by atoms with Crippen molar-refractivity contribution < 1.29 is 18.7 Å². The van der Waals surface area contributed by atoms with Crippen molar-refractivity contribution in [3.8, 4) is 0 Å². The first-order chi connectivity index (χ1) is 7.60. The lowest BCUT2D eigenvalue weighted by Gasteiger charge is -1.97. The summed E-state index contributed by atoms with van der Waals surface area (Å²) < 4.78 is 19.0. The van der Waals surface area contributed by atoms with Crippen LogP contribution in [-0.4, -0.2) is 16.1 Å². The van der Waals surface area contributed by atoms with Crippen LogP contribution in [0.4, 0.5) is 4.39 Å². The Balaban J connectivity index is 2.24. The molecule has 0 amide bonds. The minimum atomic E-state index is -1.41.